The zero-order valence-corrected chi connectivity index (χ0v) is 12.4. The van der Waals surface area contributed by atoms with Gasteiger partial charge < -0.3 is 15.2 Å². The third-order valence-electron chi connectivity index (χ3n) is 3.34. The van der Waals surface area contributed by atoms with E-state index in [1.807, 2.05) is 60.7 Å². The molecular formula is C18H23NO2. The number of ether oxygens (including phenoxy) is 1. The van der Waals surface area contributed by atoms with E-state index in [1.165, 1.54) is 0 Å². The first kappa shape index (κ1) is 15.5. The zero-order valence-electron chi connectivity index (χ0n) is 12.4. The fraction of sp³-hybridized carbons (Fsp3) is 0.333. The highest BCUT2D eigenvalue weighted by atomic mass is 16.5. The van der Waals surface area contributed by atoms with Crippen LogP contribution in [0.4, 0.5) is 0 Å². The van der Waals surface area contributed by atoms with Crippen LogP contribution in [0.1, 0.15) is 25.0 Å². The number of para-hydroxylation sites is 1. The van der Waals surface area contributed by atoms with E-state index in [0.29, 0.717) is 13.0 Å². The number of benzene rings is 2. The van der Waals surface area contributed by atoms with Gasteiger partial charge in [-0.3, -0.25) is 0 Å². The van der Waals surface area contributed by atoms with E-state index in [4.69, 9.17) is 4.74 Å². The summed E-state index contributed by atoms with van der Waals surface area (Å²) in [6.45, 7) is 3.46. The minimum absolute atomic E-state index is 0.244. The Morgan fingerprint density at radius 3 is 2.29 bits per heavy atom. The summed E-state index contributed by atoms with van der Waals surface area (Å²) >= 11 is 0. The van der Waals surface area contributed by atoms with E-state index in [-0.39, 0.29) is 6.04 Å². The van der Waals surface area contributed by atoms with Crippen LogP contribution in [0.3, 0.4) is 0 Å². The summed E-state index contributed by atoms with van der Waals surface area (Å²) < 4.78 is 5.68. The van der Waals surface area contributed by atoms with Gasteiger partial charge >= 0.3 is 0 Å². The molecule has 0 aliphatic rings. The van der Waals surface area contributed by atoms with Gasteiger partial charge in [-0.15, -0.1) is 0 Å². The van der Waals surface area contributed by atoms with E-state index in [1.54, 1.807) is 0 Å². The van der Waals surface area contributed by atoms with Crippen molar-refractivity contribution in [3.05, 3.63) is 66.2 Å². The van der Waals surface area contributed by atoms with Crippen LogP contribution in [0, 0.1) is 0 Å². The van der Waals surface area contributed by atoms with Gasteiger partial charge in [0.15, 0.2) is 0 Å². The average molecular weight is 285 g/mol. The molecule has 0 fully saturated rings. The van der Waals surface area contributed by atoms with Crippen molar-refractivity contribution in [2.24, 2.45) is 0 Å². The molecule has 3 nitrogen and oxygen atoms in total. The third kappa shape index (κ3) is 5.58. The molecule has 0 heterocycles. The maximum absolute atomic E-state index is 10.1. The minimum atomic E-state index is -0.416. The highest BCUT2D eigenvalue weighted by molar-refractivity contribution is 5.21. The lowest BCUT2D eigenvalue weighted by atomic mass is 10.1. The fourth-order valence-electron chi connectivity index (χ4n) is 2.11. The Morgan fingerprint density at radius 2 is 1.62 bits per heavy atom. The van der Waals surface area contributed by atoms with Crippen LogP contribution in [0.15, 0.2) is 60.7 Å². The van der Waals surface area contributed by atoms with Crippen molar-refractivity contribution in [2.45, 2.75) is 25.5 Å². The molecule has 21 heavy (non-hydrogen) atoms. The average Bonchev–Trinajstić information content (AvgIpc) is 2.54. The maximum atomic E-state index is 10.1. The third-order valence-corrected chi connectivity index (χ3v) is 3.34. The van der Waals surface area contributed by atoms with Crippen molar-refractivity contribution in [1.82, 2.24) is 5.32 Å². The van der Waals surface area contributed by atoms with Crippen molar-refractivity contribution in [3.8, 4) is 5.75 Å². The Bertz CT molecular complexity index is 501. The van der Waals surface area contributed by atoms with E-state index in [2.05, 4.69) is 12.2 Å². The van der Waals surface area contributed by atoms with Gasteiger partial charge in [0.25, 0.3) is 0 Å². The van der Waals surface area contributed by atoms with E-state index < -0.39 is 6.10 Å². The molecule has 0 aromatic heterocycles. The molecule has 2 N–H and O–H groups in total. The van der Waals surface area contributed by atoms with Crippen LogP contribution in [0.2, 0.25) is 0 Å². The van der Waals surface area contributed by atoms with E-state index >= 15 is 0 Å². The molecule has 0 aliphatic heterocycles. The molecular weight excluding hydrogens is 262 g/mol. The Kier molecular flexibility index (Phi) is 6.25. The molecule has 0 saturated heterocycles. The summed E-state index contributed by atoms with van der Waals surface area (Å²) in [5.74, 6) is 0.885. The van der Waals surface area contributed by atoms with Gasteiger partial charge in [-0.2, -0.15) is 0 Å². The molecule has 0 spiro atoms. The van der Waals surface area contributed by atoms with Gasteiger partial charge in [0.05, 0.1) is 6.10 Å². The lowest BCUT2D eigenvalue weighted by Gasteiger charge is -2.17. The predicted molar refractivity (Wildman–Crippen MR) is 85.4 cm³/mol. The minimum Gasteiger partial charge on any atom is -0.492 e. The summed E-state index contributed by atoms with van der Waals surface area (Å²) in [6.07, 6.45) is 0.278. The summed E-state index contributed by atoms with van der Waals surface area (Å²) in [6, 6.07) is 19.8. The number of hydrogen-bond donors (Lipinski definition) is 2. The van der Waals surface area contributed by atoms with Crippen LogP contribution in [0.5, 0.6) is 5.75 Å². The maximum Gasteiger partial charge on any atom is 0.119 e. The Labute approximate surface area is 126 Å². The molecule has 0 aliphatic carbocycles. The van der Waals surface area contributed by atoms with Crippen molar-refractivity contribution < 1.29 is 9.84 Å². The fourth-order valence-corrected chi connectivity index (χ4v) is 2.11. The first-order valence-electron chi connectivity index (χ1n) is 7.40. The quantitative estimate of drug-likeness (QED) is 0.783. The Morgan fingerprint density at radius 1 is 1.00 bits per heavy atom. The van der Waals surface area contributed by atoms with Gasteiger partial charge in [-0.25, -0.2) is 0 Å². The second-order valence-corrected chi connectivity index (χ2v) is 5.19. The summed E-state index contributed by atoms with van der Waals surface area (Å²) in [5.41, 5.74) is 0.965. The SMILES string of the molecule is CC(COc1ccccc1)NCCC(O)c1ccccc1. The number of aliphatic hydroxyl groups is 1. The molecule has 0 saturated carbocycles. The highest BCUT2D eigenvalue weighted by Crippen LogP contribution is 2.15. The van der Waals surface area contributed by atoms with E-state index in [0.717, 1.165) is 17.9 Å². The van der Waals surface area contributed by atoms with Crippen LogP contribution in [-0.4, -0.2) is 24.3 Å². The molecule has 0 amide bonds. The Hall–Kier alpha value is -1.84. The molecule has 2 aromatic rings. The second kappa shape index (κ2) is 8.45. The molecule has 2 rings (SSSR count). The smallest absolute Gasteiger partial charge is 0.119 e. The normalized spacial score (nSPS) is 13.6. The van der Waals surface area contributed by atoms with Gasteiger partial charge in [-0.1, -0.05) is 48.5 Å². The lowest BCUT2D eigenvalue weighted by Crippen LogP contribution is -2.33. The van der Waals surface area contributed by atoms with Gasteiger partial charge in [0.1, 0.15) is 12.4 Å². The van der Waals surface area contributed by atoms with Crippen molar-refractivity contribution in [2.75, 3.05) is 13.2 Å². The van der Waals surface area contributed by atoms with Gasteiger partial charge in [0.2, 0.25) is 0 Å². The summed E-state index contributed by atoms with van der Waals surface area (Å²) in [5, 5.41) is 13.4. The molecule has 2 aromatic carbocycles. The van der Waals surface area contributed by atoms with Crippen LogP contribution in [0.25, 0.3) is 0 Å². The van der Waals surface area contributed by atoms with Crippen molar-refractivity contribution in [3.63, 3.8) is 0 Å². The molecule has 0 radical (unpaired) electrons. The predicted octanol–water partition coefficient (Wildman–Crippen LogP) is 3.17. The number of rotatable bonds is 8. The first-order chi connectivity index (χ1) is 10.3. The lowest BCUT2D eigenvalue weighted by molar-refractivity contribution is 0.163. The largest absolute Gasteiger partial charge is 0.492 e. The molecule has 2 atom stereocenters. The topological polar surface area (TPSA) is 41.5 Å². The van der Waals surface area contributed by atoms with Crippen molar-refractivity contribution in [1.29, 1.82) is 0 Å². The Balaban J connectivity index is 1.64. The number of nitrogens with one attached hydrogen (secondary N) is 1. The monoisotopic (exact) mass is 285 g/mol. The van der Waals surface area contributed by atoms with Crippen LogP contribution >= 0.6 is 0 Å². The number of hydrogen-bond acceptors (Lipinski definition) is 3. The van der Waals surface area contributed by atoms with Gasteiger partial charge in [0, 0.05) is 6.04 Å². The molecule has 2 unspecified atom stereocenters. The highest BCUT2D eigenvalue weighted by Gasteiger charge is 2.08. The summed E-state index contributed by atoms with van der Waals surface area (Å²) in [4.78, 5) is 0. The van der Waals surface area contributed by atoms with Crippen LogP contribution in [-0.2, 0) is 0 Å². The van der Waals surface area contributed by atoms with E-state index in [9.17, 15) is 5.11 Å². The molecule has 112 valence electrons. The van der Waals surface area contributed by atoms with Crippen molar-refractivity contribution >= 4 is 0 Å². The van der Waals surface area contributed by atoms with Gasteiger partial charge in [-0.05, 0) is 37.6 Å². The molecule has 3 heteroatoms. The summed E-state index contributed by atoms with van der Waals surface area (Å²) in [7, 11) is 0. The second-order valence-electron chi connectivity index (χ2n) is 5.19. The first-order valence-corrected chi connectivity index (χ1v) is 7.40. The standard InChI is InChI=1S/C18H23NO2/c1-15(14-21-17-10-6-3-7-11-17)19-13-12-18(20)16-8-4-2-5-9-16/h2-11,15,18-20H,12-14H2,1H3. The molecule has 0 bridgehead atoms. The number of aliphatic hydroxyl groups excluding tert-OH is 1. The van der Waals surface area contributed by atoms with Crippen LogP contribution < -0.4 is 10.1 Å². The zero-order chi connectivity index (χ0) is 14.9.